The van der Waals surface area contributed by atoms with Crippen LogP contribution in [0, 0.1) is 12.7 Å². The van der Waals surface area contributed by atoms with Crippen molar-refractivity contribution in [2.24, 2.45) is 0 Å². The molecule has 0 spiro atoms. The molecule has 0 atom stereocenters. The standard InChI is InChI=1S/C11H13ClFNO3S/c1-4-14(3)11(15)9-6-8(18(12,16)17)5-7(2)10(9)13/h5-6H,4H2,1-3H3. The summed E-state index contributed by atoms with van der Waals surface area (Å²) < 4.78 is 36.3. The van der Waals surface area contributed by atoms with Gasteiger partial charge in [0.1, 0.15) is 5.82 Å². The number of rotatable bonds is 3. The molecule has 1 aromatic carbocycles. The first-order valence-electron chi connectivity index (χ1n) is 5.18. The second-order valence-corrected chi connectivity index (χ2v) is 6.42. The lowest BCUT2D eigenvalue weighted by Gasteiger charge is -2.16. The third kappa shape index (κ3) is 3.00. The molecule has 1 rings (SSSR count). The van der Waals surface area contributed by atoms with Crippen LogP contribution in [0.2, 0.25) is 0 Å². The monoisotopic (exact) mass is 293 g/mol. The molecule has 1 aromatic rings. The predicted molar refractivity (Wildman–Crippen MR) is 66.8 cm³/mol. The summed E-state index contributed by atoms with van der Waals surface area (Å²) in [5.41, 5.74) is -0.233. The highest BCUT2D eigenvalue weighted by atomic mass is 35.7. The largest absolute Gasteiger partial charge is 0.342 e. The van der Waals surface area contributed by atoms with Gasteiger partial charge in [0.05, 0.1) is 10.5 Å². The van der Waals surface area contributed by atoms with E-state index in [1.165, 1.54) is 18.9 Å². The van der Waals surface area contributed by atoms with E-state index in [1.807, 2.05) is 0 Å². The van der Waals surface area contributed by atoms with Gasteiger partial charge in [-0.15, -0.1) is 0 Å². The zero-order valence-corrected chi connectivity index (χ0v) is 11.8. The number of aryl methyl sites for hydroxylation is 1. The van der Waals surface area contributed by atoms with E-state index in [2.05, 4.69) is 0 Å². The fraction of sp³-hybridized carbons (Fsp3) is 0.364. The highest BCUT2D eigenvalue weighted by Gasteiger charge is 2.21. The summed E-state index contributed by atoms with van der Waals surface area (Å²) >= 11 is 0. The number of benzene rings is 1. The van der Waals surface area contributed by atoms with E-state index in [0.717, 1.165) is 12.1 Å². The van der Waals surface area contributed by atoms with Crippen LogP contribution in [-0.2, 0) is 9.05 Å². The topological polar surface area (TPSA) is 54.5 Å². The van der Waals surface area contributed by atoms with Gasteiger partial charge in [0.15, 0.2) is 0 Å². The second kappa shape index (κ2) is 5.24. The van der Waals surface area contributed by atoms with Gasteiger partial charge in [-0.05, 0) is 31.5 Å². The molecule has 0 unspecified atom stereocenters. The average molecular weight is 294 g/mol. The van der Waals surface area contributed by atoms with Crippen molar-refractivity contribution in [2.75, 3.05) is 13.6 Å². The van der Waals surface area contributed by atoms with Crippen LogP contribution in [0.5, 0.6) is 0 Å². The molecule has 0 saturated carbocycles. The summed E-state index contributed by atoms with van der Waals surface area (Å²) in [6, 6.07) is 2.06. The van der Waals surface area contributed by atoms with Gasteiger partial charge in [0.25, 0.3) is 15.0 Å². The van der Waals surface area contributed by atoms with E-state index in [0.29, 0.717) is 6.54 Å². The number of carbonyl (C=O) groups is 1. The van der Waals surface area contributed by atoms with Gasteiger partial charge in [0.2, 0.25) is 0 Å². The smallest absolute Gasteiger partial charge is 0.261 e. The van der Waals surface area contributed by atoms with Gasteiger partial charge >= 0.3 is 0 Å². The number of amides is 1. The highest BCUT2D eigenvalue weighted by Crippen LogP contribution is 2.22. The molecule has 0 radical (unpaired) electrons. The third-order valence-electron chi connectivity index (χ3n) is 2.56. The first kappa shape index (κ1) is 14.9. The Kier molecular flexibility index (Phi) is 4.34. The van der Waals surface area contributed by atoms with Crippen LogP contribution >= 0.6 is 10.7 Å². The Bertz CT molecular complexity index is 586. The van der Waals surface area contributed by atoms with Gasteiger partial charge < -0.3 is 4.90 Å². The second-order valence-electron chi connectivity index (χ2n) is 3.86. The van der Waals surface area contributed by atoms with E-state index < -0.39 is 20.8 Å². The van der Waals surface area contributed by atoms with Crippen LogP contribution in [0.25, 0.3) is 0 Å². The number of hydrogen-bond donors (Lipinski definition) is 0. The summed E-state index contributed by atoms with van der Waals surface area (Å²) in [6.45, 7) is 3.49. The molecule has 0 aromatic heterocycles. The lowest BCUT2D eigenvalue weighted by molar-refractivity contribution is 0.0797. The maximum absolute atomic E-state index is 13.8. The molecule has 1 amide bonds. The van der Waals surface area contributed by atoms with Crippen molar-refractivity contribution in [2.45, 2.75) is 18.7 Å². The zero-order valence-electron chi connectivity index (χ0n) is 10.2. The van der Waals surface area contributed by atoms with Gasteiger partial charge in [-0.2, -0.15) is 0 Å². The van der Waals surface area contributed by atoms with Crippen molar-refractivity contribution in [3.63, 3.8) is 0 Å². The Morgan fingerprint density at radius 1 is 1.44 bits per heavy atom. The van der Waals surface area contributed by atoms with Crippen molar-refractivity contribution in [3.05, 3.63) is 29.1 Å². The quantitative estimate of drug-likeness (QED) is 0.803. The Labute approximate surface area is 110 Å². The van der Waals surface area contributed by atoms with Crippen LogP contribution in [0.1, 0.15) is 22.8 Å². The normalized spacial score (nSPS) is 11.4. The Morgan fingerprint density at radius 3 is 2.44 bits per heavy atom. The minimum Gasteiger partial charge on any atom is -0.342 e. The van der Waals surface area contributed by atoms with Gasteiger partial charge in [0, 0.05) is 24.3 Å². The summed E-state index contributed by atoms with van der Waals surface area (Å²) in [5, 5.41) is 0. The summed E-state index contributed by atoms with van der Waals surface area (Å²) in [5.74, 6) is -1.32. The molecular weight excluding hydrogens is 281 g/mol. The van der Waals surface area contributed by atoms with Gasteiger partial charge in [-0.25, -0.2) is 12.8 Å². The van der Waals surface area contributed by atoms with Gasteiger partial charge in [-0.1, -0.05) is 0 Å². The van der Waals surface area contributed by atoms with E-state index in [1.54, 1.807) is 6.92 Å². The first-order valence-corrected chi connectivity index (χ1v) is 7.49. The minimum absolute atomic E-state index is 0.0598. The highest BCUT2D eigenvalue weighted by molar-refractivity contribution is 8.13. The molecule has 0 aliphatic heterocycles. The fourth-order valence-corrected chi connectivity index (χ4v) is 2.23. The molecule has 0 aliphatic carbocycles. The summed E-state index contributed by atoms with van der Waals surface area (Å²) in [7, 11) is 2.70. The Morgan fingerprint density at radius 2 is 2.00 bits per heavy atom. The third-order valence-corrected chi connectivity index (χ3v) is 3.89. The SMILES string of the molecule is CCN(C)C(=O)c1cc(S(=O)(=O)Cl)cc(C)c1F. The first-order chi connectivity index (χ1) is 8.18. The molecule has 0 N–H and O–H groups in total. The molecule has 0 saturated heterocycles. The van der Waals surface area contributed by atoms with Gasteiger partial charge in [-0.3, -0.25) is 4.79 Å². The van der Waals surface area contributed by atoms with E-state index in [4.69, 9.17) is 10.7 Å². The number of carbonyl (C=O) groups excluding carboxylic acids is 1. The summed E-state index contributed by atoms with van der Waals surface area (Å²) in [4.78, 5) is 12.9. The van der Waals surface area contributed by atoms with Crippen molar-refractivity contribution in [1.29, 1.82) is 0 Å². The molecule has 0 bridgehead atoms. The molecule has 18 heavy (non-hydrogen) atoms. The molecule has 0 heterocycles. The molecular formula is C11H13ClFNO3S. The van der Waals surface area contributed by atoms with E-state index >= 15 is 0 Å². The van der Waals surface area contributed by atoms with Crippen LogP contribution in [-0.4, -0.2) is 32.8 Å². The zero-order chi connectivity index (χ0) is 14.1. The molecule has 7 heteroatoms. The maximum Gasteiger partial charge on any atom is 0.261 e. The molecule has 0 fully saturated rings. The lowest BCUT2D eigenvalue weighted by atomic mass is 10.1. The van der Waals surface area contributed by atoms with Crippen LogP contribution in [0.4, 0.5) is 4.39 Å². The van der Waals surface area contributed by atoms with Crippen LogP contribution in [0.3, 0.4) is 0 Å². The lowest BCUT2D eigenvalue weighted by Crippen LogP contribution is -2.27. The van der Waals surface area contributed by atoms with Crippen LogP contribution < -0.4 is 0 Å². The number of hydrogen-bond acceptors (Lipinski definition) is 3. The minimum atomic E-state index is -4.00. The maximum atomic E-state index is 13.8. The van der Waals surface area contributed by atoms with Crippen molar-refractivity contribution >= 4 is 25.6 Å². The molecule has 100 valence electrons. The van der Waals surface area contributed by atoms with Crippen molar-refractivity contribution < 1.29 is 17.6 Å². The van der Waals surface area contributed by atoms with Crippen LogP contribution in [0.15, 0.2) is 17.0 Å². The average Bonchev–Trinajstić information content (AvgIpc) is 2.29. The Balaban J connectivity index is 3.45. The Hall–Kier alpha value is -1.14. The number of halogens is 2. The molecule has 0 aliphatic rings. The van der Waals surface area contributed by atoms with E-state index in [-0.39, 0.29) is 16.0 Å². The fourth-order valence-electron chi connectivity index (χ4n) is 1.38. The van der Waals surface area contributed by atoms with Crippen molar-refractivity contribution in [1.82, 2.24) is 4.90 Å². The number of nitrogens with zero attached hydrogens (tertiary/aromatic N) is 1. The molecule has 4 nitrogen and oxygen atoms in total. The summed E-state index contributed by atoms with van der Waals surface area (Å²) in [6.07, 6.45) is 0. The van der Waals surface area contributed by atoms with Crippen molar-refractivity contribution in [3.8, 4) is 0 Å². The predicted octanol–water partition coefficient (Wildman–Crippen LogP) is 2.15. The van der Waals surface area contributed by atoms with E-state index in [9.17, 15) is 17.6 Å².